The van der Waals surface area contributed by atoms with Crippen molar-refractivity contribution in [2.45, 2.75) is 32.9 Å². The Morgan fingerprint density at radius 1 is 0.462 bits per heavy atom. The minimum absolute atomic E-state index is 0.437. The fraction of sp³-hybridized carbons (Fsp3) is 0.0612. The van der Waals surface area contributed by atoms with Crippen molar-refractivity contribution in [1.82, 2.24) is 4.57 Å². The fourth-order valence-electron chi connectivity index (χ4n) is 8.94. The molecular formula is C49H33NS2. The van der Waals surface area contributed by atoms with Gasteiger partial charge < -0.3 is 4.57 Å². The highest BCUT2D eigenvalue weighted by Crippen LogP contribution is 2.65. The zero-order valence-electron chi connectivity index (χ0n) is 28.4. The molecule has 246 valence electrons. The summed E-state index contributed by atoms with van der Waals surface area (Å²) in [7, 11) is 0. The second-order valence-corrected chi connectivity index (χ2v) is 16.0. The summed E-state index contributed by atoms with van der Waals surface area (Å²) in [5.74, 6) is 0. The number of benzene rings is 7. The van der Waals surface area contributed by atoms with E-state index < -0.39 is 5.41 Å². The molecule has 0 saturated heterocycles. The maximum Gasteiger partial charge on any atom is 0.0742 e. The monoisotopic (exact) mass is 699 g/mol. The van der Waals surface area contributed by atoms with Gasteiger partial charge in [0.2, 0.25) is 0 Å². The molecule has 1 nitrogen and oxygen atoms in total. The van der Waals surface area contributed by atoms with E-state index in [0.29, 0.717) is 0 Å². The molecule has 3 heterocycles. The lowest BCUT2D eigenvalue weighted by Crippen LogP contribution is -2.38. The van der Waals surface area contributed by atoms with Gasteiger partial charge in [-0.2, -0.15) is 0 Å². The van der Waals surface area contributed by atoms with E-state index in [1.54, 1.807) is 0 Å². The number of hydrogen-bond donors (Lipinski definition) is 0. The Morgan fingerprint density at radius 3 is 2.06 bits per heavy atom. The van der Waals surface area contributed by atoms with Crippen molar-refractivity contribution in [3.63, 3.8) is 0 Å². The second-order valence-electron chi connectivity index (χ2n) is 13.9. The lowest BCUT2D eigenvalue weighted by atomic mass is 9.62. The first-order chi connectivity index (χ1) is 25.8. The molecule has 3 aliphatic rings. The van der Waals surface area contributed by atoms with Crippen LogP contribution in [0.4, 0.5) is 0 Å². The number of allylic oxidation sites excluding steroid dienone is 3. The summed E-state index contributed by atoms with van der Waals surface area (Å²) in [4.78, 5) is 5.43. The molecule has 0 bridgehead atoms. The Kier molecular flexibility index (Phi) is 6.83. The smallest absolute Gasteiger partial charge is 0.0742 e. The molecule has 8 aromatic rings. The first-order valence-electron chi connectivity index (χ1n) is 18.1. The summed E-state index contributed by atoms with van der Waals surface area (Å²) < 4.78 is 2.42. The van der Waals surface area contributed by atoms with Crippen LogP contribution in [-0.2, 0) is 5.41 Å². The molecule has 7 aromatic carbocycles. The van der Waals surface area contributed by atoms with Crippen LogP contribution in [0.15, 0.2) is 201 Å². The molecule has 52 heavy (non-hydrogen) atoms. The number of aromatic nitrogens is 1. The first kappa shape index (κ1) is 30.2. The third kappa shape index (κ3) is 4.33. The molecule has 3 heteroatoms. The van der Waals surface area contributed by atoms with Gasteiger partial charge in [0.05, 0.1) is 16.4 Å². The van der Waals surface area contributed by atoms with Crippen molar-refractivity contribution >= 4 is 45.3 Å². The van der Waals surface area contributed by atoms with Gasteiger partial charge in [-0.15, -0.1) is 0 Å². The second kappa shape index (κ2) is 11.8. The largest absolute Gasteiger partial charge is 0.309 e. The van der Waals surface area contributed by atoms with Crippen molar-refractivity contribution in [3.8, 4) is 27.9 Å². The van der Waals surface area contributed by atoms with Gasteiger partial charge in [-0.25, -0.2) is 0 Å². The highest BCUT2D eigenvalue weighted by atomic mass is 32.2. The van der Waals surface area contributed by atoms with Gasteiger partial charge in [0.25, 0.3) is 0 Å². The van der Waals surface area contributed by atoms with Crippen LogP contribution < -0.4 is 0 Å². The van der Waals surface area contributed by atoms with E-state index in [1.807, 2.05) is 23.5 Å². The highest BCUT2D eigenvalue weighted by Gasteiger charge is 2.51. The molecule has 0 fully saturated rings. The Morgan fingerprint density at radius 2 is 1.15 bits per heavy atom. The van der Waals surface area contributed by atoms with E-state index in [0.717, 1.165) is 12.8 Å². The maximum absolute atomic E-state index is 2.55. The van der Waals surface area contributed by atoms with E-state index in [9.17, 15) is 0 Å². The van der Waals surface area contributed by atoms with Gasteiger partial charge in [0, 0.05) is 36.1 Å². The SMILES string of the molecule is C1=C2Sc3ccc(-c4ccc5c6ccccc6n(-c6ccccc6)c5c4)cc3C3(C2=CCC1)c1ccccc1Sc1c(-c2ccccc2)cccc13. The Hall–Kier alpha value is -5.48. The van der Waals surface area contributed by atoms with Crippen molar-refractivity contribution < 1.29 is 0 Å². The quantitative estimate of drug-likeness (QED) is 0.181. The highest BCUT2D eigenvalue weighted by molar-refractivity contribution is 8.03. The molecule has 1 aliphatic carbocycles. The molecule has 1 aromatic heterocycles. The lowest BCUT2D eigenvalue weighted by molar-refractivity contribution is 0.670. The van der Waals surface area contributed by atoms with Crippen LogP contribution >= 0.6 is 23.5 Å². The van der Waals surface area contributed by atoms with E-state index in [1.165, 1.54) is 91.6 Å². The number of fused-ring (bicyclic) bond motifs is 11. The lowest BCUT2D eigenvalue weighted by Gasteiger charge is -2.48. The predicted molar refractivity (Wildman–Crippen MR) is 220 cm³/mol. The van der Waals surface area contributed by atoms with Crippen molar-refractivity contribution in [1.29, 1.82) is 0 Å². The molecule has 0 radical (unpaired) electrons. The fourth-order valence-corrected chi connectivity index (χ4v) is 11.5. The van der Waals surface area contributed by atoms with Crippen LogP contribution in [0.5, 0.6) is 0 Å². The van der Waals surface area contributed by atoms with Crippen molar-refractivity contribution in [2.24, 2.45) is 0 Å². The van der Waals surface area contributed by atoms with E-state index in [-0.39, 0.29) is 0 Å². The summed E-state index contributed by atoms with van der Waals surface area (Å²) >= 11 is 3.88. The third-order valence-corrected chi connectivity index (χ3v) is 13.5. The van der Waals surface area contributed by atoms with Crippen molar-refractivity contribution in [2.75, 3.05) is 0 Å². The number of thioether (sulfide) groups is 1. The van der Waals surface area contributed by atoms with Crippen LogP contribution in [-0.4, -0.2) is 4.57 Å². The van der Waals surface area contributed by atoms with Gasteiger partial charge in [-0.3, -0.25) is 0 Å². The summed E-state index contributed by atoms with van der Waals surface area (Å²) in [6.45, 7) is 0. The summed E-state index contributed by atoms with van der Waals surface area (Å²) in [6, 6.07) is 61.0. The number of nitrogens with zero attached hydrogens (tertiary/aromatic N) is 1. The molecule has 0 saturated carbocycles. The van der Waals surface area contributed by atoms with Crippen molar-refractivity contribution in [3.05, 3.63) is 203 Å². The van der Waals surface area contributed by atoms with E-state index in [2.05, 4.69) is 181 Å². The number of hydrogen-bond acceptors (Lipinski definition) is 2. The normalized spacial score (nSPS) is 17.2. The van der Waals surface area contributed by atoms with Gasteiger partial charge in [-0.1, -0.05) is 157 Å². The van der Waals surface area contributed by atoms with Gasteiger partial charge >= 0.3 is 0 Å². The van der Waals surface area contributed by atoms with Crippen LogP contribution in [0.2, 0.25) is 0 Å². The number of rotatable bonds is 3. The third-order valence-electron chi connectivity index (χ3n) is 11.1. The standard InChI is InChI=1S/C49H33NS2/c1-3-14-32(15-4-1)36-19-13-22-41-48(36)52-46-25-12-9-21-40(46)49(41)39-20-8-11-24-45(39)51-47-29-27-33(30-42(47)49)34-26-28-38-37-18-7-10-23-43(37)50(44(38)31-34)35-16-5-2-6-17-35/h1-7,9-10,12-31H,8,11H2. The molecule has 1 atom stereocenters. The Labute approximate surface area is 312 Å². The molecular weight excluding hydrogens is 667 g/mol. The van der Waals surface area contributed by atoms with E-state index in [4.69, 9.17) is 0 Å². The Balaban J connectivity index is 1.19. The average Bonchev–Trinajstić information content (AvgIpc) is 3.55. The number of para-hydroxylation sites is 2. The van der Waals surface area contributed by atoms with Crippen LogP contribution in [0.3, 0.4) is 0 Å². The minimum atomic E-state index is -0.437. The zero-order chi connectivity index (χ0) is 34.2. The zero-order valence-corrected chi connectivity index (χ0v) is 30.1. The molecule has 11 rings (SSSR count). The predicted octanol–water partition coefficient (Wildman–Crippen LogP) is 13.6. The molecule has 1 spiro atoms. The molecule has 2 aliphatic heterocycles. The van der Waals surface area contributed by atoms with Crippen LogP contribution in [0, 0.1) is 0 Å². The van der Waals surface area contributed by atoms with Crippen LogP contribution in [0.1, 0.15) is 29.5 Å². The summed E-state index contributed by atoms with van der Waals surface area (Å²) in [6.07, 6.45) is 7.17. The van der Waals surface area contributed by atoms with Gasteiger partial charge in [-0.05, 0) is 99.8 Å². The van der Waals surface area contributed by atoms with Gasteiger partial charge in [0.1, 0.15) is 0 Å². The maximum atomic E-state index is 2.55. The molecule has 0 amide bonds. The average molecular weight is 700 g/mol. The summed E-state index contributed by atoms with van der Waals surface area (Å²) in [5, 5.41) is 2.55. The Bertz CT molecular complexity index is 2790. The molecule has 0 N–H and O–H groups in total. The molecule has 1 unspecified atom stereocenters. The van der Waals surface area contributed by atoms with Crippen LogP contribution in [0.25, 0.3) is 49.7 Å². The summed E-state index contributed by atoms with van der Waals surface area (Å²) in [5.41, 5.74) is 13.8. The van der Waals surface area contributed by atoms with Gasteiger partial charge in [0.15, 0.2) is 0 Å². The van der Waals surface area contributed by atoms with E-state index >= 15 is 0 Å². The topological polar surface area (TPSA) is 4.93 Å². The first-order valence-corrected chi connectivity index (χ1v) is 19.7. The minimum Gasteiger partial charge on any atom is -0.309 e.